The van der Waals surface area contributed by atoms with E-state index in [4.69, 9.17) is 5.11 Å². The average molecular weight is 497 g/mol. The van der Waals surface area contributed by atoms with Crippen molar-refractivity contribution in [2.45, 2.75) is 168 Å². The lowest BCUT2D eigenvalue weighted by atomic mass is 10.0. The summed E-state index contributed by atoms with van der Waals surface area (Å²) < 4.78 is 0. The number of nitrogens with zero attached hydrogens (tertiary/aromatic N) is 1. The molecule has 2 unspecified atom stereocenters. The van der Waals surface area contributed by atoms with Gasteiger partial charge in [-0.05, 0) is 39.5 Å². The molecular weight excluding hydrogens is 440 g/mol. The van der Waals surface area contributed by atoms with E-state index in [0.29, 0.717) is 6.42 Å². The van der Waals surface area contributed by atoms with Gasteiger partial charge in [0.05, 0.1) is 0 Å². The summed E-state index contributed by atoms with van der Waals surface area (Å²) in [4.78, 5) is 38.8. The zero-order chi connectivity index (χ0) is 26.5. The SMILES string of the molecule is CCCCCCCCCCCCCCCC(=O)N[C@@H](CCC(=O)O)C(=O)N(C(C)CC)C(C)CC. The number of amides is 2. The normalized spacial score (nSPS) is 13.7. The van der Waals surface area contributed by atoms with E-state index >= 15 is 0 Å². The van der Waals surface area contributed by atoms with Crippen molar-refractivity contribution in [3.63, 3.8) is 0 Å². The van der Waals surface area contributed by atoms with Gasteiger partial charge in [-0.1, -0.05) is 97.8 Å². The summed E-state index contributed by atoms with van der Waals surface area (Å²) in [6.45, 7) is 10.3. The number of hydrogen-bond donors (Lipinski definition) is 2. The Labute approximate surface area is 216 Å². The summed E-state index contributed by atoms with van der Waals surface area (Å²) in [5, 5.41) is 12.0. The van der Waals surface area contributed by atoms with Crippen LogP contribution in [0.1, 0.15) is 150 Å². The smallest absolute Gasteiger partial charge is 0.303 e. The number of carboxylic acid groups (broad SMARTS) is 1. The standard InChI is InChI=1S/C29H56N2O4/c1-6-9-10-11-12-13-14-15-16-17-18-19-20-21-27(32)30-26(22-23-28(33)34)29(35)31(24(4)7-2)25(5)8-3/h24-26H,6-23H2,1-5H3,(H,30,32)(H,33,34)/t24?,25?,26-/m0/s1. The molecule has 0 fully saturated rings. The minimum atomic E-state index is -0.952. The Kier molecular flexibility index (Phi) is 20.7. The molecule has 0 aliphatic carbocycles. The zero-order valence-electron chi connectivity index (χ0n) is 23.6. The van der Waals surface area contributed by atoms with Gasteiger partial charge in [0, 0.05) is 24.9 Å². The molecule has 0 rings (SSSR count). The maximum absolute atomic E-state index is 13.3. The van der Waals surface area contributed by atoms with Crippen LogP contribution >= 0.6 is 0 Å². The molecule has 0 aromatic rings. The number of unbranched alkanes of at least 4 members (excludes halogenated alkanes) is 12. The first-order valence-corrected chi connectivity index (χ1v) is 14.6. The highest BCUT2D eigenvalue weighted by Crippen LogP contribution is 2.17. The Balaban J connectivity index is 4.34. The second-order valence-corrected chi connectivity index (χ2v) is 10.3. The first-order chi connectivity index (χ1) is 16.8. The number of carbonyl (C=O) groups excluding carboxylic acids is 2. The van der Waals surface area contributed by atoms with Gasteiger partial charge in [0.25, 0.3) is 0 Å². The van der Waals surface area contributed by atoms with Gasteiger partial charge in [0.15, 0.2) is 0 Å². The number of nitrogens with one attached hydrogen (secondary N) is 1. The monoisotopic (exact) mass is 496 g/mol. The predicted molar refractivity (Wildman–Crippen MR) is 145 cm³/mol. The van der Waals surface area contributed by atoms with Crippen LogP contribution in [0.15, 0.2) is 0 Å². The number of rotatable bonds is 23. The van der Waals surface area contributed by atoms with Gasteiger partial charge >= 0.3 is 5.97 Å². The van der Waals surface area contributed by atoms with Gasteiger partial charge in [0.1, 0.15) is 6.04 Å². The molecular formula is C29H56N2O4. The second-order valence-electron chi connectivity index (χ2n) is 10.3. The predicted octanol–water partition coefficient (Wildman–Crippen LogP) is 7.24. The molecule has 6 heteroatoms. The Morgan fingerprint density at radius 1 is 0.686 bits per heavy atom. The van der Waals surface area contributed by atoms with Crippen LogP contribution in [0.25, 0.3) is 0 Å². The van der Waals surface area contributed by atoms with E-state index in [1.807, 2.05) is 32.6 Å². The maximum atomic E-state index is 13.3. The molecule has 0 saturated heterocycles. The van der Waals surface area contributed by atoms with Crippen LogP contribution in [0.4, 0.5) is 0 Å². The molecule has 2 N–H and O–H groups in total. The molecule has 0 saturated carbocycles. The first-order valence-electron chi connectivity index (χ1n) is 14.6. The van der Waals surface area contributed by atoms with Crippen LogP contribution < -0.4 is 5.32 Å². The van der Waals surface area contributed by atoms with Crippen LogP contribution in [0.3, 0.4) is 0 Å². The third kappa shape index (κ3) is 16.7. The van der Waals surface area contributed by atoms with E-state index in [9.17, 15) is 14.4 Å². The molecule has 3 atom stereocenters. The van der Waals surface area contributed by atoms with Gasteiger partial charge in [-0.15, -0.1) is 0 Å². The van der Waals surface area contributed by atoms with Gasteiger partial charge in [0.2, 0.25) is 11.8 Å². The summed E-state index contributed by atoms with van der Waals surface area (Å²) in [6.07, 6.45) is 18.3. The van der Waals surface area contributed by atoms with Crippen molar-refractivity contribution in [1.82, 2.24) is 10.2 Å². The summed E-state index contributed by atoms with van der Waals surface area (Å²) >= 11 is 0. The average Bonchev–Trinajstić information content (AvgIpc) is 2.84. The van der Waals surface area contributed by atoms with Crippen LogP contribution in [0.5, 0.6) is 0 Å². The van der Waals surface area contributed by atoms with Crippen molar-refractivity contribution in [1.29, 1.82) is 0 Å². The molecule has 0 aliphatic rings. The Bertz CT molecular complexity index is 557. The second kappa shape index (κ2) is 21.7. The summed E-state index contributed by atoms with van der Waals surface area (Å²) in [6, 6.07) is -0.686. The first kappa shape index (κ1) is 33.4. The van der Waals surface area contributed by atoms with Crippen LogP contribution in [-0.2, 0) is 14.4 Å². The van der Waals surface area contributed by atoms with Crippen molar-refractivity contribution in [2.24, 2.45) is 0 Å². The molecule has 0 aliphatic heterocycles. The maximum Gasteiger partial charge on any atom is 0.303 e. The van der Waals surface area contributed by atoms with E-state index in [0.717, 1.165) is 32.1 Å². The zero-order valence-corrected chi connectivity index (χ0v) is 23.6. The van der Waals surface area contributed by atoms with Crippen molar-refractivity contribution < 1.29 is 19.5 Å². The molecule has 2 amide bonds. The largest absolute Gasteiger partial charge is 0.481 e. The molecule has 206 valence electrons. The fraction of sp³-hybridized carbons (Fsp3) is 0.897. The third-order valence-electron chi connectivity index (χ3n) is 7.17. The highest BCUT2D eigenvalue weighted by molar-refractivity contribution is 5.88. The van der Waals surface area contributed by atoms with E-state index in [1.54, 1.807) is 0 Å². The Hall–Kier alpha value is -1.59. The van der Waals surface area contributed by atoms with E-state index in [-0.39, 0.29) is 36.7 Å². The van der Waals surface area contributed by atoms with Gasteiger partial charge < -0.3 is 15.3 Å². The van der Waals surface area contributed by atoms with Gasteiger partial charge in [-0.3, -0.25) is 14.4 Å². The Morgan fingerprint density at radius 3 is 1.51 bits per heavy atom. The fourth-order valence-electron chi connectivity index (χ4n) is 4.54. The summed E-state index contributed by atoms with van der Waals surface area (Å²) in [7, 11) is 0. The van der Waals surface area contributed by atoms with E-state index in [2.05, 4.69) is 12.2 Å². The third-order valence-corrected chi connectivity index (χ3v) is 7.17. The van der Waals surface area contributed by atoms with Crippen LogP contribution in [0.2, 0.25) is 0 Å². The highest BCUT2D eigenvalue weighted by atomic mass is 16.4. The topological polar surface area (TPSA) is 86.7 Å². The number of carboxylic acids is 1. The minimum Gasteiger partial charge on any atom is -0.481 e. The van der Waals surface area contributed by atoms with Crippen molar-refractivity contribution in [3.8, 4) is 0 Å². The molecule has 6 nitrogen and oxygen atoms in total. The van der Waals surface area contributed by atoms with Crippen molar-refractivity contribution in [3.05, 3.63) is 0 Å². The molecule has 0 aromatic carbocycles. The molecule has 0 heterocycles. The van der Waals surface area contributed by atoms with Crippen molar-refractivity contribution >= 4 is 17.8 Å². The van der Waals surface area contributed by atoms with Gasteiger partial charge in [-0.2, -0.15) is 0 Å². The van der Waals surface area contributed by atoms with Gasteiger partial charge in [-0.25, -0.2) is 0 Å². The number of aliphatic carboxylic acids is 1. The minimum absolute atomic E-state index is 0.0442. The molecule has 0 aromatic heterocycles. The molecule has 0 spiro atoms. The van der Waals surface area contributed by atoms with Crippen LogP contribution in [0, 0.1) is 0 Å². The molecule has 0 bridgehead atoms. The summed E-state index contributed by atoms with van der Waals surface area (Å²) in [5.41, 5.74) is 0. The summed E-state index contributed by atoms with van der Waals surface area (Å²) in [5.74, 6) is -1.26. The quantitative estimate of drug-likeness (QED) is 0.146. The highest BCUT2D eigenvalue weighted by Gasteiger charge is 2.31. The fourth-order valence-corrected chi connectivity index (χ4v) is 4.54. The molecule has 35 heavy (non-hydrogen) atoms. The number of hydrogen-bond acceptors (Lipinski definition) is 3. The van der Waals surface area contributed by atoms with Crippen molar-refractivity contribution in [2.75, 3.05) is 0 Å². The Morgan fingerprint density at radius 2 is 1.11 bits per heavy atom. The van der Waals surface area contributed by atoms with E-state index < -0.39 is 12.0 Å². The van der Waals surface area contributed by atoms with E-state index in [1.165, 1.54) is 64.2 Å². The molecule has 0 radical (unpaired) electrons. The lowest BCUT2D eigenvalue weighted by molar-refractivity contribution is -0.142. The number of carbonyl (C=O) groups is 3. The lowest BCUT2D eigenvalue weighted by Gasteiger charge is -2.36. The van der Waals surface area contributed by atoms with Crippen LogP contribution in [-0.4, -0.2) is 45.9 Å². The lowest BCUT2D eigenvalue weighted by Crippen LogP contribution is -2.54.